The lowest BCUT2D eigenvalue weighted by molar-refractivity contribution is -0.124. The molecule has 0 heterocycles. The van der Waals surface area contributed by atoms with E-state index in [1.807, 2.05) is 0 Å². The summed E-state index contributed by atoms with van der Waals surface area (Å²) in [5, 5.41) is 0. The second-order valence-corrected chi connectivity index (χ2v) is 4.39. The molecule has 1 unspecified atom stereocenters. The summed E-state index contributed by atoms with van der Waals surface area (Å²) >= 11 is 0. The monoisotopic (exact) mass is 166 g/mol. The molecule has 68 valence electrons. The third kappa shape index (κ3) is 1.77. The summed E-state index contributed by atoms with van der Waals surface area (Å²) in [5.41, 5.74) is 0.236. The second-order valence-electron chi connectivity index (χ2n) is 4.39. The number of rotatable bonds is 3. The first-order chi connectivity index (χ1) is 5.58. The SMILES string of the molecule is C=CCC(=O)C1CCCC1(C)C. The van der Waals surface area contributed by atoms with Gasteiger partial charge in [-0.3, -0.25) is 4.79 Å². The first-order valence-corrected chi connectivity index (χ1v) is 4.71. The standard InChI is InChI=1S/C11H18O/c1-4-6-10(12)9-7-5-8-11(9,2)3/h4,9H,1,5-8H2,2-3H3. The first-order valence-electron chi connectivity index (χ1n) is 4.71. The number of carbonyl (C=O) groups excluding carboxylic acids is 1. The van der Waals surface area contributed by atoms with E-state index in [-0.39, 0.29) is 11.3 Å². The maximum absolute atomic E-state index is 11.6. The average molecular weight is 166 g/mol. The van der Waals surface area contributed by atoms with Crippen molar-refractivity contribution >= 4 is 5.78 Å². The number of hydrogen-bond acceptors (Lipinski definition) is 1. The molecule has 0 aliphatic heterocycles. The van der Waals surface area contributed by atoms with Crippen molar-refractivity contribution in [3.63, 3.8) is 0 Å². The van der Waals surface area contributed by atoms with Crippen molar-refractivity contribution in [3.8, 4) is 0 Å². The van der Waals surface area contributed by atoms with E-state index in [2.05, 4.69) is 20.4 Å². The van der Waals surface area contributed by atoms with Crippen LogP contribution in [-0.4, -0.2) is 5.78 Å². The van der Waals surface area contributed by atoms with E-state index in [1.165, 1.54) is 12.8 Å². The third-order valence-corrected chi connectivity index (χ3v) is 2.99. The fourth-order valence-electron chi connectivity index (χ4n) is 2.21. The van der Waals surface area contributed by atoms with Crippen LogP contribution in [-0.2, 0) is 4.79 Å². The van der Waals surface area contributed by atoms with Crippen molar-refractivity contribution in [2.45, 2.75) is 39.5 Å². The highest BCUT2D eigenvalue weighted by Gasteiger charge is 2.38. The zero-order chi connectivity index (χ0) is 9.19. The van der Waals surface area contributed by atoms with E-state index in [1.54, 1.807) is 6.08 Å². The van der Waals surface area contributed by atoms with Crippen molar-refractivity contribution in [3.05, 3.63) is 12.7 Å². The van der Waals surface area contributed by atoms with Crippen molar-refractivity contribution in [2.75, 3.05) is 0 Å². The summed E-state index contributed by atoms with van der Waals surface area (Å²) in [7, 11) is 0. The molecule has 1 fully saturated rings. The van der Waals surface area contributed by atoms with Gasteiger partial charge in [0.2, 0.25) is 0 Å². The largest absolute Gasteiger partial charge is 0.299 e. The van der Waals surface area contributed by atoms with Gasteiger partial charge in [-0.05, 0) is 18.3 Å². The van der Waals surface area contributed by atoms with Crippen molar-refractivity contribution < 1.29 is 4.79 Å². The van der Waals surface area contributed by atoms with Crippen LogP contribution in [0.4, 0.5) is 0 Å². The average Bonchev–Trinajstić information content (AvgIpc) is 2.30. The summed E-state index contributed by atoms with van der Waals surface area (Å²) in [6, 6.07) is 0. The van der Waals surface area contributed by atoms with Gasteiger partial charge in [0, 0.05) is 12.3 Å². The van der Waals surface area contributed by atoms with Gasteiger partial charge in [0.05, 0.1) is 0 Å². The van der Waals surface area contributed by atoms with Gasteiger partial charge in [-0.25, -0.2) is 0 Å². The minimum absolute atomic E-state index is 0.236. The highest BCUT2D eigenvalue weighted by molar-refractivity contribution is 5.83. The Hall–Kier alpha value is -0.590. The Morgan fingerprint density at radius 2 is 2.33 bits per heavy atom. The molecule has 1 saturated carbocycles. The predicted molar refractivity (Wildman–Crippen MR) is 50.9 cm³/mol. The summed E-state index contributed by atoms with van der Waals surface area (Å²) in [5.74, 6) is 0.669. The third-order valence-electron chi connectivity index (χ3n) is 2.99. The molecule has 0 saturated heterocycles. The van der Waals surface area contributed by atoms with Crippen LogP contribution in [0.15, 0.2) is 12.7 Å². The zero-order valence-corrected chi connectivity index (χ0v) is 8.10. The molecule has 1 atom stereocenters. The van der Waals surface area contributed by atoms with Crippen molar-refractivity contribution in [1.29, 1.82) is 0 Å². The van der Waals surface area contributed by atoms with Crippen LogP contribution in [0.3, 0.4) is 0 Å². The van der Waals surface area contributed by atoms with Crippen LogP contribution in [0.5, 0.6) is 0 Å². The first kappa shape index (κ1) is 9.50. The summed E-state index contributed by atoms with van der Waals surface area (Å²) in [6.45, 7) is 8.00. The fraction of sp³-hybridized carbons (Fsp3) is 0.727. The molecule has 12 heavy (non-hydrogen) atoms. The fourth-order valence-corrected chi connectivity index (χ4v) is 2.21. The molecule has 1 aliphatic rings. The van der Waals surface area contributed by atoms with E-state index in [4.69, 9.17) is 0 Å². The van der Waals surface area contributed by atoms with Gasteiger partial charge >= 0.3 is 0 Å². The molecule has 0 bridgehead atoms. The van der Waals surface area contributed by atoms with Gasteiger partial charge in [-0.2, -0.15) is 0 Å². The Kier molecular flexibility index (Phi) is 2.71. The summed E-state index contributed by atoms with van der Waals surface area (Å²) < 4.78 is 0. The molecule has 0 N–H and O–H groups in total. The normalized spacial score (nSPS) is 27.0. The lowest BCUT2D eigenvalue weighted by Crippen LogP contribution is -2.25. The number of carbonyl (C=O) groups is 1. The Morgan fingerprint density at radius 3 is 2.75 bits per heavy atom. The number of allylic oxidation sites excluding steroid dienone is 1. The van der Waals surface area contributed by atoms with Crippen LogP contribution in [0.25, 0.3) is 0 Å². The van der Waals surface area contributed by atoms with Crippen LogP contribution < -0.4 is 0 Å². The van der Waals surface area contributed by atoms with Crippen molar-refractivity contribution in [2.24, 2.45) is 11.3 Å². The second kappa shape index (κ2) is 3.42. The van der Waals surface area contributed by atoms with E-state index in [0.717, 1.165) is 6.42 Å². The number of Topliss-reactive ketones (excluding diaryl/α,β-unsaturated/α-hetero) is 1. The zero-order valence-electron chi connectivity index (χ0n) is 8.10. The molecule has 1 heteroatoms. The van der Waals surface area contributed by atoms with Gasteiger partial charge < -0.3 is 0 Å². The Labute approximate surface area is 74.9 Å². The summed E-state index contributed by atoms with van der Waals surface area (Å²) in [4.78, 5) is 11.6. The lowest BCUT2D eigenvalue weighted by Gasteiger charge is -2.25. The van der Waals surface area contributed by atoms with E-state index < -0.39 is 0 Å². The molecule has 0 aromatic rings. The van der Waals surface area contributed by atoms with Gasteiger partial charge in [-0.1, -0.05) is 26.3 Å². The minimum atomic E-state index is 0.236. The molecule has 0 radical (unpaired) electrons. The highest BCUT2D eigenvalue weighted by Crippen LogP contribution is 2.43. The molecular weight excluding hydrogens is 148 g/mol. The topological polar surface area (TPSA) is 17.1 Å². The molecule has 0 aromatic carbocycles. The molecule has 1 aliphatic carbocycles. The quantitative estimate of drug-likeness (QED) is 0.589. The van der Waals surface area contributed by atoms with Crippen LogP contribution in [0, 0.1) is 11.3 Å². The van der Waals surface area contributed by atoms with Crippen LogP contribution >= 0.6 is 0 Å². The molecule has 1 nitrogen and oxygen atoms in total. The highest BCUT2D eigenvalue weighted by atomic mass is 16.1. The molecular formula is C11H18O. The van der Waals surface area contributed by atoms with E-state index in [9.17, 15) is 4.79 Å². The Morgan fingerprint density at radius 1 is 1.67 bits per heavy atom. The minimum Gasteiger partial charge on any atom is -0.299 e. The predicted octanol–water partition coefficient (Wildman–Crippen LogP) is 2.96. The lowest BCUT2D eigenvalue weighted by atomic mass is 9.79. The van der Waals surface area contributed by atoms with Gasteiger partial charge in [0.15, 0.2) is 0 Å². The van der Waals surface area contributed by atoms with Crippen LogP contribution in [0.1, 0.15) is 39.5 Å². The van der Waals surface area contributed by atoms with Gasteiger partial charge in [0.1, 0.15) is 5.78 Å². The number of ketones is 1. The van der Waals surface area contributed by atoms with Gasteiger partial charge in [-0.15, -0.1) is 6.58 Å². The number of hydrogen-bond donors (Lipinski definition) is 0. The smallest absolute Gasteiger partial charge is 0.140 e. The van der Waals surface area contributed by atoms with E-state index >= 15 is 0 Å². The molecule has 0 spiro atoms. The maximum atomic E-state index is 11.6. The van der Waals surface area contributed by atoms with Crippen molar-refractivity contribution in [1.82, 2.24) is 0 Å². The van der Waals surface area contributed by atoms with Crippen LogP contribution in [0.2, 0.25) is 0 Å². The molecule has 1 rings (SSSR count). The molecule has 0 aromatic heterocycles. The Balaban J connectivity index is 2.62. The van der Waals surface area contributed by atoms with E-state index in [0.29, 0.717) is 12.2 Å². The van der Waals surface area contributed by atoms with Gasteiger partial charge in [0.25, 0.3) is 0 Å². The molecule has 0 amide bonds. The Bertz CT molecular complexity index is 191. The summed E-state index contributed by atoms with van der Waals surface area (Å²) in [6.07, 6.45) is 5.76. The maximum Gasteiger partial charge on any atom is 0.140 e.